The molecule has 1 aromatic carbocycles. The number of hydrogen-bond acceptors (Lipinski definition) is 4. The van der Waals surface area contributed by atoms with Crippen molar-refractivity contribution < 1.29 is 14.3 Å². The Kier molecular flexibility index (Phi) is 5.89. The van der Waals surface area contributed by atoms with E-state index in [0.717, 1.165) is 34.4 Å². The van der Waals surface area contributed by atoms with Crippen LogP contribution in [0.25, 0.3) is 11.8 Å². The molecule has 2 aromatic rings. The van der Waals surface area contributed by atoms with Gasteiger partial charge in [-0.25, -0.2) is 0 Å². The minimum atomic E-state index is -0.254. The van der Waals surface area contributed by atoms with E-state index in [9.17, 15) is 9.59 Å². The van der Waals surface area contributed by atoms with Crippen molar-refractivity contribution in [2.24, 2.45) is 0 Å². The minimum absolute atomic E-state index is 0.246. The molecule has 0 aliphatic carbocycles. The maximum Gasteiger partial charge on any atom is 0.293 e. The number of aromatic nitrogens is 1. The van der Waals surface area contributed by atoms with Crippen molar-refractivity contribution in [1.82, 2.24) is 9.47 Å². The van der Waals surface area contributed by atoms with Crippen molar-refractivity contribution in [1.29, 1.82) is 0 Å². The van der Waals surface area contributed by atoms with Crippen LogP contribution < -0.4 is 0 Å². The van der Waals surface area contributed by atoms with Crippen LogP contribution in [0.5, 0.6) is 0 Å². The average Bonchev–Trinajstić information content (AvgIpc) is 3.03. The molecule has 26 heavy (non-hydrogen) atoms. The van der Waals surface area contributed by atoms with Crippen molar-refractivity contribution in [2.45, 2.75) is 13.8 Å². The summed E-state index contributed by atoms with van der Waals surface area (Å²) in [5.74, 6) is -0.254. The molecular formula is C19H19IN2O3S. The van der Waals surface area contributed by atoms with Crippen molar-refractivity contribution in [3.8, 4) is 5.69 Å². The molecule has 3 rings (SSSR count). The van der Waals surface area contributed by atoms with Gasteiger partial charge in [0.2, 0.25) is 0 Å². The summed E-state index contributed by atoms with van der Waals surface area (Å²) in [7, 11) is 1.55. The number of hydrogen-bond donors (Lipinski definition) is 0. The van der Waals surface area contributed by atoms with E-state index in [4.69, 9.17) is 4.74 Å². The third kappa shape index (κ3) is 3.74. The molecule has 0 unspecified atom stereocenters. The first-order valence-corrected chi connectivity index (χ1v) is 10.0. The highest BCUT2D eigenvalue weighted by atomic mass is 127. The fourth-order valence-electron chi connectivity index (χ4n) is 2.94. The molecule has 2 amide bonds. The number of amides is 2. The SMILES string of the molecule is COCCN1C(=O)SC(=Cc2cc(C)n(-c3ccc(I)cc3)c2C)C1=O. The van der Waals surface area contributed by atoms with Crippen LogP contribution >= 0.6 is 34.4 Å². The van der Waals surface area contributed by atoms with Crippen LogP contribution in [0, 0.1) is 17.4 Å². The van der Waals surface area contributed by atoms with Gasteiger partial charge in [-0.05, 0) is 90.2 Å². The zero-order valence-electron chi connectivity index (χ0n) is 14.8. The maximum absolute atomic E-state index is 12.5. The number of rotatable bonds is 5. The summed E-state index contributed by atoms with van der Waals surface area (Å²) in [5.41, 5.74) is 4.13. The Morgan fingerprint density at radius 1 is 1.19 bits per heavy atom. The average molecular weight is 482 g/mol. The van der Waals surface area contributed by atoms with E-state index < -0.39 is 0 Å². The Bertz CT molecular complexity index is 887. The number of carbonyl (C=O) groups is 2. The van der Waals surface area contributed by atoms with Crippen LogP contribution in [0.4, 0.5) is 4.79 Å². The Morgan fingerprint density at radius 3 is 2.54 bits per heavy atom. The predicted molar refractivity (Wildman–Crippen MR) is 113 cm³/mol. The Labute approximate surface area is 170 Å². The zero-order valence-corrected chi connectivity index (χ0v) is 17.8. The highest BCUT2D eigenvalue weighted by Gasteiger charge is 2.34. The normalized spacial score (nSPS) is 16.2. The third-order valence-corrected chi connectivity index (χ3v) is 5.86. The lowest BCUT2D eigenvalue weighted by atomic mass is 10.2. The van der Waals surface area contributed by atoms with Crippen molar-refractivity contribution in [3.63, 3.8) is 0 Å². The van der Waals surface area contributed by atoms with Gasteiger partial charge in [-0.2, -0.15) is 0 Å². The Hall–Kier alpha value is -1.58. The first-order valence-electron chi connectivity index (χ1n) is 8.11. The Morgan fingerprint density at radius 2 is 1.88 bits per heavy atom. The summed E-state index contributed by atoms with van der Waals surface area (Å²) in [6, 6.07) is 10.3. The lowest BCUT2D eigenvalue weighted by Gasteiger charge is -2.11. The molecule has 1 aliphatic heterocycles. The van der Waals surface area contributed by atoms with Gasteiger partial charge in [-0.15, -0.1) is 0 Å². The number of carbonyl (C=O) groups excluding carboxylic acids is 2. The molecular weight excluding hydrogens is 463 g/mol. The zero-order chi connectivity index (χ0) is 18.8. The molecule has 2 heterocycles. The summed E-state index contributed by atoms with van der Waals surface area (Å²) in [6.07, 6.45) is 1.81. The molecule has 7 heteroatoms. The molecule has 0 spiro atoms. The standard InChI is InChI=1S/C19H19IN2O3S/c1-12-10-14(13(2)22(12)16-6-4-15(20)5-7-16)11-17-18(23)21(8-9-25-3)19(24)26-17/h4-7,10-11H,8-9H2,1-3H3. The minimum Gasteiger partial charge on any atom is -0.383 e. The van der Waals surface area contributed by atoms with Gasteiger partial charge in [-0.1, -0.05) is 0 Å². The molecule has 0 radical (unpaired) electrons. The number of halogens is 1. The van der Waals surface area contributed by atoms with Crippen LogP contribution in [0.1, 0.15) is 17.0 Å². The highest BCUT2D eigenvalue weighted by Crippen LogP contribution is 2.33. The van der Waals surface area contributed by atoms with E-state index in [1.54, 1.807) is 7.11 Å². The topological polar surface area (TPSA) is 51.5 Å². The molecule has 136 valence electrons. The fourth-order valence-corrected chi connectivity index (χ4v) is 4.15. The van der Waals surface area contributed by atoms with Crippen LogP contribution in [0.15, 0.2) is 35.2 Å². The Balaban J connectivity index is 1.93. The third-order valence-electron chi connectivity index (χ3n) is 4.23. The van der Waals surface area contributed by atoms with Crippen LogP contribution in [-0.2, 0) is 9.53 Å². The van der Waals surface area contributed by atoms with Gasteiger partial charge in [0.15, 0.2) is 0 Å². The van der Waals surface area contributed by atoms with Crippen molar-refractivity contribution in [2.75, 3.05) is 20.3 Å². The van der Waals surface area contributed by atoms with Gasteiger partial charge in [0, 0.05) is 27.8 Å². The number of imide groups is 1. The second-order valence-electron chi connectivity index (χ2n) is 5.96. The number of nitrogens with zero attached hydrogens (tertiary/aromatic N) is 2. The predicted octanol–water partition coefficient (Wildman–Crippen LogP) is 4.38. The quantitative estimate of drug-likeness (QED) is 0.469. The molecule has 1 aromatic heterocycles. The van der Waals surface area contributed by atoms with Crippen molar-refractivity contribution >= 4 is 51.6 Å². The lowest BCUT2D eigenvalue weighted by molar-refractivity contribution is -0.123. The molecule has 0 atom stereocenters. The first kappa shape index (κ1) is 19.2. The molecule has 1 fully saturated rings. The second-order valence-corrected chi connectivity index (χ2v) is 8.20. The van der Waals surface area contributed by atoms with Gasteiger partial charge in [0.05, 0.1) is 18.1 Å². The van der Waals surface area contributed by atoms with E-state index in [1.807, 2.05) is 26.0 Å². The number of methoxy groups -OCH3 is 1. The summed E-state index contributed by atoms with van der Waals surface area (Å²) in [6.45, 7) is 4.67. The molecule has 0 saturated carbocycles. The van der Waals surface area contributed by atoms with Gasteiger partial charge in [-0.3, -0.25) is 14.5 Å². The fraction of sp³-hybridized carbons (Fsp3) is 0.263. The van der Waals surface area contributed by atoms with Crippen molar-refractivity contribution in [3.05, 3.63) is 55.8 Å². The summed E-state index contributed by atoms with van der Waals surface area (Å²) >= 11 is 3.26. The van der Waals surface area contributed by atoms with Crippen LogP contribution in [0.3, 0.4) is 0 Å². The molecule has 0 bridgehead atoms. The summed E-state index contributed by atoms with van der Waals surface area (Å²) in [5, 5.41) is -0.246. The van der Waals surface area contributed by atoms with Crippen LogP contribution in [-0.4, -0.2) is 40.9 Å². The largest absolute Gasteiger partial charge is 0.383 e. The monoisotopic (exact) mass is 482 g/mol. The van der Waals surface area contributed by atoms with E-state index in [1.165, 1.54) is 8.47 Å². The van der Waals surface area contributed by atoms with E-state index in [-0.39, 0.29) is 17.7 Å². The number of ether oxygens (including phenoxy) is 1. The molecule has 0 N–H and O–H groups in total. The van der Waals surface area contributed by atoms with Gasteiger partial charge in [0.25, 0.3) is 11.1 Å². The number of benzene rings is 1. The molecule has 5 nitrogen and oxygen atoms in total. The number of aryl methyl sites for hydroxylation is 1. The first-order chi connectivity index (χ1) is 12.4. The highest BCUT2D eigenvalue weighted by molar-refractivity contribution is 14.1. The smallest absolute Gasteiger partial charge is 0.293 e. The van der Waals surface area contributed by atoms with E-state index in [2.05, 4.69) is 51.4 Å². The summed E-state index contributed by atoms with van der Waals surface area (Å²) in [4.78, 5) is 26.2. The van der Waals surface area contributed by atoms with E-state index in [0.29, 0.717) is 11.5 Å². The van der Waals surface area contributed by atoms with E-state index >= 15 is 0 Å². The maximum atomic E-state index is 12.5. The van der Waals surface area contributed by atoms with Gasteiger partial charge < -0.3 is 9.30 Å². The number of thioether (sulfide) groups is 1. The molecule has 1 aliphatic rings. The van der Waals surface area contributed by atoms with Gasteiger partial charge >= 0.3 is 0 Å². The second kappa shape index (κ2) is 7.98. The summed E-state index contributed by atoms with van der Waals surface area (Å²) < 4.78 is 8.30. The van der Waals surface area contributed by atoms with Gasteiger partial charge in [0.1, 0.15) is 0 Å². The molecule has 1 saturated heterocycles. The lowest BCUT2D eigenvalue weighted by Crippen LogP contribution is -2.31. The van der Waals surface area contributed by atoms with Crippen LogP contribution in [0.2, 0.25) is 0 Å².